The van der Waals surface area contributed by atoms with E-state index in [9.17, 15) is 0 Å². The van der Waals surface area contributed by atoms with E-state index >= 15 is 0 Å². The number of aliphatic hydroxyl groups excluding tert-OH is 1. The van der Waals surface area contributed by atoms with Gasteiger partial charge in [0.15, 0.2) is 17.6 Å². The van der Waals surface area contributed by atoms with Crippen LogP contribution in [-0.4, -0.2) is 24.4 Å². The number of benzene rings is 1. The first-order valence-corrected chi connectivity index (χ1v) is 4.09. The number of anilines is 1. The van der Waals surface area contributed by atoms with Crippen molar-refractivity contribution in [1.29, 1.82) is 0 Å². The number of fused-ring (bicyclic) bond motifs is 1. The number of nitrogens with two attached hydrogens (primary N) is 1. The van der Waals surface area contributed by atoms with Crippen molar-refractivity contribution in [2.75, 3.05) is 18.9 Å². The van der Waals surface area contributed by atoms with Crippen LogP contribution in [0.4, 0.5) is 5.69 Å². The van der Waals surface area contributed by atoms with Crippen LogP contribution in [0.2, 0.25) is 0 Å². The molecule has 1 atom stereocenters. The third-order valence-corrected chi connectivity index (χ3v) is 1.89. The molecule has 0 amide bonds. The van der Waals surface area contributed by atoms with Crippen molar-refractivity contribution in [3.05, 3.63) is 18.2 Å². The number of aliphatic hydroxyl groups is 1. The van der Waals surface area contributed by atoms with Gasteiger partial charge in [0.25, 0.3) is 0 Å². The first-order valence-electron chi connectivity index (χ1n) is 4.09. The summed E-state index contributed by atoms with van der Waals surface area (Å²) < 4.78 is 10.7. The second-order valence-electron chi connectivity index (χ2n) is 2.94. The van der Waals surface area contributed by atoms with Gasteiger partial charge in [-0.3, -0.25) is 0 Å². The average molecular weight is 181 g/mol. The zero-order valence-electron chi connectivity index (χ0n) is 7.06. The van der Waals surface area contributed by atoms with Crippen molar-refractivity contribution < 1.29 is 14.6 Å². The maximum absolute atomic E-state index is 8.84. The van der Waals surface area contributed by atoms with Crippen LogP contribution >= 0.6 is 0 Å². The fourth-order valence-corrected chi connectivity index (χ4v) is 1.22. The summed E-state index contributed by atoms with van der Waals surface area (Å²) in [6, 6.07) is 5.19. The van der Waals surface area contributed by atoms with E-state index < -0.39 is 0 Å². The molecule has 0 spiro atoms. The second-order valence-corrected chi connectivity index (χ2v) is 2.94. The molecular formula is C9H11NO3. The highest BCUT2D eigenvalue weighted by atomic mass is 16.6. The van der Waals surface area contributed by atoms with Crippen molar-refractivity contribution in [2.24, 2.45) is 0 Å². The van der Waals surface area contributed by atoms with Crippen LogP contribution in [0.1, 0.15) is 0 Å². The van der Waals surface area contributed by atoms with E-state index in [0.29, 0.717) is 23.8 Å². The van der Waals surface area contributed by atoms with Crippen LogP contribution in [-0.2, 0) is 0 Å². The number of hydrogen-bond donors (Lipinski definition) is 2. The predicted octanol–water partition coefficient (Wildman–Crippen LogP) is 0.401. The second kappa shape index (κ2) is 3.14. The quantitative estimate of drug-likeness (QED) is 0.615. The Morgan fingerprint density at radius 2 is 2.31 bits per heavy atom. The van der Waals surface area contributed by atoms with E-state index in [2.05, 4.69) is 0 Å². The monoisotopic (exact) mass is 181 g/mol. The van der Waals surface area contributed by atoms with Crippen LogP contribution in [0.25, 0.3) is 0 Å². The molecule has 4 nitrogen and oxygen atoms in total. The lowest BCUT2D eigenvalue weighted by atomic mass is 10.2. The molecule has 0 aliphatic carbocycles. The number of nitrogen functional groups attached to an aromatic ring is 1. The minimum absolute atomic E-state index is 0.0379. The minimum atomic E-state index is -0.267. The van der Waals surface area contributed by atoms with E-state index in [0.717, 1.165) is 0 Å². The van der Waals surface area contributed by atoms with Crippen LogP contribution < -0.4 is 15.2 Å². The Hall–Kier alpha value is -1.42. The summed E-state index contributed by atoms with van der Waals surface area (Å²) in [7, 11) is 0. The fourth-order valence-electron chi connectivity index (χ4n) is 1.22. The molecule has 1 aromatic rings. The Labute approximate surface area is 75.9 Å². The molecule has 70 valence electrons. The Bertz CT molecular complexity index is 314. The van der Waals surface area contributed by atoms with E-state index in [-0.39, 0.29) is 12.7 Å². The van der Waals surface area contributed by atoms with Crippen LogP contribution in [0.5, 0.6) is 11.5 Å². The highest BCUT2D eigenvalue weighted by molar-refractivity contribution is 5.52. The van der Waals surface area contributed by atoms with Gasteiger partial charge in [-0.1, -0.05) is 0 Å². The third kappa shape index (κ3) is 1.53. The topological polar surface area (TPSA) is 64.7 Å². The van der Waals surface area contributed by atoms with Crippen molar-refractivity contribution in [1.82, 2.24) is 0 Å². The molecule has 1 aliphatic heterocycles. The zero-order valence-corrected chi connectivity index (χ0v) is 7.06. The van der Waals surface area contributed by atoms with Gasteiger partial charge in [0.05, 0.1) is 6.61 Å². The van der Waals surface area contributed by atoms with Gasteiger partial charge >= 0.3 is 0 Å². The molecule has 4 heteroatoms. The lowest BCUT2D eigenvalue weighted by Crippen LogP contribution is -2.32. The molecule has 1 heterocycles. The van der Waals surface area contributed by atoms with Gasteiger partial charge in [0.1, 0.15) is 6.61 Å². The van der Waals surface area contributed by atoms with E-state index in [1.165, 1.54) is 0 Å². The normalized spacial score (nSPS) is 19.9. The minimum Gasteiger partial charge on any atom is -0.486 e. The van der Waals surface area contributed by atoms with Gasteiger partial charge in [-0.2, -0.15) is 0 Å². The SMILES string of the molecule is Nc1ccc2c(c1)OCC(CO)O2. The lowest BCUT2D eigenvalue weighted by Gasteiger charge is -2.25. The van der Waals surface area contributed by atoms with Gasteiger partial charge in [-0.05, 0) is 12.1 Å². The molecular weight excluding hydrogens is 170 g/mol. The summed E-state index contributed by atoms with van der Waals surface area (Å²) >= 11 is 0. The molecule has 1 unspecified atom stereocenters. The number of hydrogen-bond acceptors (Lipinski definition) is 4. The summed E-state index contributed by atoms with van der Waals surface area (Å²) in [4.78, 5) is 0. The van der Waals surface area contributed by atoms with E-state index in [4.69, 9.17) is 20.3 Å². The van der Waals surface area contributed by atoms with Crippen LogP contribution in [0.15, 0.2) is 18.2 Å². The third-order valence-electron chi connectivity index (χ3n) is 1.89. The van der Waals surface area contributed by atoms with Gasteiger partial charge in [-0.25, -0.2) is 0 Å². The highest BCUT2D eigenvalue weighted by Gasteiger charge is 2.19. The molecule has 1 aliphatic rings. The molecule has 1 aromatic carbocycles. The average Bonchev–Trinajstić information content (AvgIpc) is 2.17. The van der Waals surface area contributed by atoms with Gasteiger partial charge < -0.3 is 20.3 Å². The van der Waals surface area contributed by atoms with Crippen molar-refractivity contribution in [3.8, 4) is 11.5 Å². The van der Waals surface area contributed by atoms with Crippen molar-refractivity contribution in [3.63, 3.8) is 0 Å². The maximum atomic E-state index is 8.84. The Kier molecular flexibility index (Phi) is 1.98. The Morgan fingerprint density at radius 3 is 3.08 bits per heavy atom. The smallest absolute Gasteiger partial charge is 0.163 e. The van der Waals surface area contributed by atoms with Gasteiger partial charge in [-0.15, -0.1) is 0 Å². The molecule has 0 bridgehead atoms. The molecule has 0 radical (unpaired) electrons. The van der Waals surface area contributed by atoms with Crippen molar-refractivity contribution >= 4 is 5.69 Å². The van der Waals surface area contributed by atoms with Crippen LogP contribution in [0.3, 0.4) is 0 Å². The molecule has 0 fully saturated rings. The highest BCUT2D eigenvalue weighted by Crippen LogP contribution is 2.33. The summed E-state index contributed by atoms with van der Waals surface area (Å²) in [5.41, 5.74) is 6.21. The molecule has 0 saturated heterocycles. The first-order chi connectivity index (χ1) is 6.29. The maximum Gasteiger partial charge on any atom is 0.163 e. The molecule has 0 saturated carbocycles. The summed E-state index contributed by atoms with van der Waals surface area (Å²) in [6.45, 7) is 0.330. The first kappa shape index (κ1) is 8.19. The van der Waals surface area contributed by atoms with Gasteiger partial charge in [0, 0.05) is 11.8 Å². The fraction of sp³-hybridized carbons (Fsp3) is 0.333. The largest absolute Gasteiger partial charge is 0.486 e. The zero-order chi connectivity index (χ0) is 9.26. The van der Waals surface area contributed by atoms with E-state index in [1.54, 1.807) is 18.2 Å². The van der Waals surface area contributed by atoms with Crippen LogP contribution in [0, 0.1) is 0 Å². The standard InChI is InChI=1S/C9H11NO3/c10-6-1-2-8-9(3-6)12-5-7(4-11)13-8/h1-3,7,11H,4-5,10H2. The number of ether oxygens (including phenoxy) is 2. The van der Waals surface area contributed by atoms with E-state index in [1.807, 2.05) is 0 Å². The summed E-state index contributed by atoms with van der Waals surface area (Å²) in [6.07, 6.45) is -0.267. The molecule has 0 aromatic heterocycles. The number of rotatable bonds is 1. The Balaban J connectivity index is 2.26. The summed E-state index contributed by atoms with van der Waals surface area (Å²) in [5.74, 6) is 1.28. The van der Waals surface area contributed by atoms with Crippen molar-refractivity contribution in [2.45, 2.75) is 6.10 Å². The lowest BCUT2D eigenvalue weighted by molar-refractivity contribution is 0.0457. The molecule has 2 rings (SSSR count). The predicted molar refractivity (Wildman–Crippen MR) is 47.9 cm³/mol. The summed E-state index contributed by atoms with van der Waals surface area (Å²) in [5, 5.41) is 8.84. The molecule has 13 heavy (non-hydrogen) atoms. The Morgan fingerprint density at radius 1 is 1.46 bits per heavy atom. The van der Waals surface area contributed by atoms with Gasteiger partial charge in [0.2, 0.25) is 0 Å². The molecule has 3 N–H and O–H groups in total.